The lowest BCUT2D eigenvalue weighted by Gasteiger charge is -2.03. The Morgan fingerprint density at radius 2 is 1.71 bits per heavy atom. The molecule has 0 spiro atoms. The van der Waals surface area contributed by atoms with Crippen LogP contribution >= 0.6 is 0 Å². The van der Waals surface area contributed by atoms with Crippen molar-refractivity contribution in [1.82, 2.24) is 5.16 Å². The smallest absolute Gasteiger partial charge is 0.188 e. The van der Waals surface area contributed by atoms with Gasteiger partial charge in [0.2, 0.25) is 0 Å². The van der Waals surface area contributed by atoms with Gasteiger partial charge >= 0.3 is 0 Å². The molecular weight excluding hydrogens is 286 g/mol. The van der Waals surface area contributed by atoms with Crippen molar-refractivity contribution in [3.05, 3.63) is 60.8 Å². The van der Waals surface area contributed by atoms with Crippen LogP contribution in [0.25, 0.3) is 22.5 Å². The fourth-order valence-electron chi connectivity index (χ4n) is 2.08. The lowest BCUT2D eigenvalue weighted by molar-refractivity contribution is 0.432. The van der Waals surface area contributed by atoms with Crippen LogP contribution in [0, 0.1) is 0 Å². The Labute approximate surface area is 125 Å². The maximum Gasteiger partial charge on any atom is 0.188 e. The Morgan fingerprint density at radius 3 is 2.38 bits per heavy atom. The standard InChI is InChI=1S/C16H13NO3S/c1-19-21(18)14-9-7-12(8-10-14)15-11-17-20-16(15)13-5-3-2-4-6-13/h2-11H,1H3. The zero-order valence-corrected chi connectivity index (χ0v) is 12.2. The van der Waals surface area contributed by atoms with Crippen LogP contribution in [0.5, 0.6) is 0 Å². The van der Waals surface area contributed by atoms with Crippen LogP contribution in [0.3, 0.4) is 0 Å². The highest BCUT2D eigenvalue weighted by atomic mass is 32.2. The molecule has 1 atom stereocenters. The first kappa shape index (κ1) is 13.7. The molecule has 3 aromatic rings. The van der Waals surface area contributed by atoms with Crippen LogP contribution in [-0.4, -0.2) is 16.5 Å². The van der Waals surface area contributed by atoms with Gasteiger partial charge in [-0.15, -0.1) is 0 Å². The summed E-state index contributed by atoms with van der Waals surface area (Å²) in [6.07, 6.45) is 1.69. The summed E-state index contributed by atoms with van der Waals surface area (Å²) in [5, 5.41) is 3.89. The number of aromatic nitrogens is 1. The molecular formula is C16H13NO3S. The summed E-state index contributed by atoms with van der Waals surface area (Å²) in [4.78, 5) is 0.624. The van der Waals surface area contributed by atoms with E-state index in [-0.39, 0.29) is 0 Å². The molecule has 0 radical (unpaired) electrons. The van der Waals surface area contributed by atoms with Gasteiger partial charge in [-0.2, -0.15) is 0 Å². The van der Waals surface area contributed by atoms with E-state index >= 15 is 0 Å². The van der Waals surface area contributed by atoms with Crippen molar-refractivity contribution in [3.8, 4) is 22.5 Å². The van der Waals surface area contributed by atoms with Crippen LogP contribution in [0.15, 0.2) is 70.2 Å². The number of rotatable bonds is 4. The van der Waals surface area contributed by atoms with Gasteiger partial charge in [0.25, 0.3) is 0 Å². The fourth-order valence-corrected chi connectivity index (χ4v) is 2.64. The molecule has 0 aliphatic rings. The Hall–Kier alpha value is -2.24. The summed E-state index contributed by atoms with van der Waals surface area (Å²) in [7, 11) is 1.41. The van der Waals surface area contributed by atoms with Gasteiger partial charge in [-0.05, 0) is 17.7 Å². The van der Waals surface area contributed by atoms with E-state index in [4.69, 9.17) is 8.71 Å². The second-order valence-corrected chi connectivity index (χ2v) is 5.63. The molecule has 3 rings (SSSR count). The maximum absolute atomic E-state index is 11.6. The Morgan fingerprint density at radius 1 is 1.00 bits per heavy atom. The van der Waals surface area contributed by atoms with Gasteiger partial charge in [0.05, 0.1) is 18.2 Å². The minimum absolute atomic E-state index is 0.624. The van der Waals surface area contributed by atoms with E-state index in [1.54, 1.807) is 18.3 Å². The van der Waals surface area contributed by atoms with Crippen molar-refractivity contribution in [3.63, 3.8) is 0 Å². The third-order valence-corrected chi connectivity index (χ3v) is 4.08. The molecule has 0 aliphatic carbocycles. The van der Waals surface area contributed by atoms with Crippen molar-refractivity contribution >= 4 is 11.1 Å². The number of nitrogens with zero attached hydrogens (tertiary/aromatic N) is 1. The second kappa shape index (κ2) is 6.03. The third-order valence-electron chi connectivity index (χ3n) is 3.12. The Balaban J connectivity index is 1.99. The average Bonchev–Trinajstić information content (AvgIpc) is 3.04. The van der Waals surface area contributed by atoms with Crippen LogP contribution in [0.4, 0.5) is 0 Å². The molecule has 0 aliphatic heterocycles. The van der Waals surface area contributed by atoms with Crippen LogP contribution in [0.2, 0.25) is 0 Å². The topological polar surface area (TPSA) is 52.3 Å². The number of hydrogen-bond donors (Lipinski definition) is 0. The second-order valence-electron chi connectivity index (χ2n) is 4.36. The normalized spacial score (nSPS) is 12.2. The summed E-state index contributed by atoms with van der Waals surface area (Å²) in [5.74, 6) is 0.719. The molecule has 106 valence electrons. The van der Waals surface area contributed by atoms with Gasteiger partial charge in [-0.3, -0.25) is 4.18 Å². The maximum atomic E-state index is 11.6. The lowest BCUT2D eigenvalue weighted by atomic mass is 10.0. The molecule has 4 nitrogen and oxygen atoms in total. The SMILES string of the molecule is COS(=O)c1ccc(-c2cnoc2-c2ccccc2)cc1. The zero-order chi connectivity index (χ0) is 14.7. The Kier molecular flexibility index (Phi) is 3.94. The summed E-state index contributed by atoms with van der Waals surface area (Å²) in [6, 6.07) is 17.1. The van der Waals surface area contributed by atoms with E-state index in [2.05, 4.69) is 5.16 Å². The summed E-state index contributed by atoms with van der Waals surface area (Å²) >= 11 is -1.43. The quantitative estimate of drug-likeness (QED) is 0.737. The number of benzene rings is 2. The molecule has 0 bridgehead atoms. The van der Waals surface area contributed by atoms with Gasteiger partial charge in [-0.1, -0.05) is 47.6 Å². The van der Waals surface area contributed by atoms with Crippen LogP contribution in [0.1, 0.15) is 0 Å². The van der Waals surface area contributed by atoms with E-state index in [0.717, 1.165) is 22.5 Å². The van der Waals surface area contributed by atoms with Crippen molar-refractivity contribution in [2.24, 2.45) is 0 Å². The van der Waals surface area contributed by atoms with E-state index in [1.165, 1.54) is 7.11 Å². The predicted octanol–water partition coefficient (Wildman–Crippen LogP) is 3.68. The molecule has 1 aromatic heterocycles. The van der Waals surface area contributed by atoms with Crippen molar-refractivity contribution in [1.29, 1.82) is 0 Å². The van der Waals surface area contributed by atoms with E-state index in [1.807, 2.05) is 42.5 Å². The van der Waals surface area contributed by atoms with Crippen molar-refractivity contribution in [2.75, 3.05) is 7.11 Å². The van der Waals surface area contributed by atoms with Gasteiger partial charge in [-0.25, -0.2) is 4.21 Å². The molecule has 1 heterocycles. The van der Waals surface area contributed by atoms with Crippen LogP contribution < -0.4 is 0 Å². The van der Waals surface area contributed by atoms with E-state index < -0.39 is 11.1 Å². The summed E-state index contributed by atoms with van der Waals surface area (Å²) in [5.41, 5.74) is 2.82. The first-order chi connectivity index (χ1) is 10.3. The van der Waals surface area contributed by atoms with Crippen molar-refractivity contribution in [2.45, 2.75) is 4.90 Å². The minimum Gasteiger partial charge on any atom is -0.356 e. The van der Waals surface area contributed by atoms with Gasteiger partial charge in [0.15, 0.2) is 16.8 Å². The first-order valence-corrected chi connectivity index (χ1v) is 7.44. The monoisotopic (exact) mass is 299 g/mol. The highest BCUT2D eigenvalue weighted by Crippen LogP contribution is 2.32. The lowest BCUT2D eigenvalue weighted by Crippen LogP contribution is -1.92. The summed E-state index contributed by atoms with van der Waals surface area (Å²) in [6.45, 7) is 0. The van der Waals surface area contributed by atoms with Gasteiger partial charge in [0, 0.05) is 11.1 Å². The molecule has 21 heavy (non-hydrogen) atoms. The molecule has 2 aromatic carbocycles. The molecule has 0 saturated carbocycles. The molecule has 0 amide bonds. The third kappa shape index (κ3) is 2.79. The fraction of sp³-hybridized carbons (Fsp3) is 0.0625. The van der Waals surface area contributed by atoms with Crippen LogP contribution in [-0.2, 0) is 15.3 Å². The largest absolute Gasteiger partial charge is 0.356 e. The molecule has 0 fully saturated rings. The molecule has 0 N–H and O–H groups in total. The highest BCUT2D eigenvalue weighted by Gasteiger charge is 2.13. The highest BCUT2D eigenvalue weighted by molar-refractivity contribution is 7.80. The minimum atomic E-state index is -1.43. The summed E-state index contributed by atoms with van der Waals surface area (Å²) < 4.78 is 21.7. The van der Waals surface area contributed by atoms with E-state index in [0.29, 0.717) is 4.90 Å². The average molecular weight is 299 g/mol. The Bertz CT molecular complexity index is 751. The van der Waals surface area contributed by atoms with Gasteiger partial charge in [0.1, 0.15) is 0 Å². The predicted molar refractivity (Wildman–Crippen MR) is 80.8 cm³/mol. The molecule has 1 unspecified atom stereocenters. The van der Waals surface area contributed by atoms with Gasteiger partial charge < -0.3 is 4.52 Å². The first-order valence-electron chi connectivity index (χ1n) is 6.36. The van der Waals surface area contributed by atoms with Crippen molar-refractivity contribution < 1.29 is 12.9 Å². The number of hydrogen-bond acceptors (Lipinski definition) is 4. The molecule has 0 saturated heterocycles. The molecule has 5 heteroatoms. The van der Waals surface area contributed by atoms with E-state index in [9.17, 15) is 4.21 Å². The zero-order valence-electron chi connectivity index (χ0n) is 11.4.